The van der Waals surface area contributed by atoms with Gasteiger partial charge in [-0.2, -0.15) is 15.0 Å². The molecule has 0 amide bonds. The molecule has 0 radical (unpaired) electrons. The number of hydrogen-bond donors (Lipinski definition) is 0. The number of nitriles is 1. The van der Waals surface area contributed by atoms with Crippen LogP contribution < -0.4 is 10.3 Å². The van der Waals surface area contributed by atoms with Gasteiger partial charge < -0.3 is 9.15 Å². The summed E-state index contributed by atoms with van der Waals surface area (Å²) in [5.74, 6) is 1.38. The molecule has 0 aliphatic heterocycles. The molecule has 0 unspecified atom stereocenters. The van der Waals surface area contributed by atoms with Crippen LogP contribution in [-0.4, -0.2) is 15.9 Å². The summed E-state index contributed by atoms with van der Waals surface area (Å²) in [6.45, 7) is 0.271. The van der Waals surface area contributed by atoms with Crippen molar-refractivity contribution in [1.82, 2.24) is 9.66 Å². The van der Waals surface area contributed by atoms with Gasteiger partial charge in [-0.15, -0.1) is 0 Å². The predicted octanol–water partition coefficient (Wildman–Crippen LogP) is 8.01. The summed E-state index contributed by atoms with van der Waals surface area (Å²) in [4.78, 5) is 18.3. The van der Waals surface area contributed by atoms with Gasteiger partial charge in [-0.25, -0.2) is 4.98 Å². The molecular formula is C31H17ClI2N4O3. The predicted molar refractivity (Wildman–Crippen MR) is 177 cm³/mol. The van der Waals surface area contributed by atoms with Crippen LogP contribution in [0.4, 0.5) is 0 Å². The lowest BCUT2D eigenvalue weighted by Gasteiger charge is -2.12. The van der Waals surface area contributed by atoms with Gasteiger partial charge in [-0.1, -0.05) is 41.9 Å². The van der Waals surface area contributed by atoms with Crippen LogP contribution in [0, 0.1) is 18.5 Å². The molecule has 6 rings (SSSR count). The number of aromatic nitrogens is 2. The van der Waals surface area contributed by atoms with Crippen molar-refractivity contribution in [2.45, 2.75) is 6.61 Å². The maximum absolute atomic E-state index is 13.6. The molecule has 4 aromatic carbocycles. The molecule has 6 aromatic rings. The van der Waals surface area contributed by atoms with Gasteiger partial charge in [0.15, 0.2) is 5.76 Å². The van der Waals surface area contributed by atoms with Crippen molar-refractivity contribution in [2.24, 2.45) is 5.10 Å². The van der Waals surface area contributed by atoms with E-state index < -0.39 is 0 Å². The van der Waals surface area contributed by atoms with Gasteiger partial charge in [0, 0.05) is 16.0 Å². The Kier molecular flexibility index (Phi) is 7.79. The van der Waals surface area contributed by atoms with Gasteiger partial charge in [-0.3, -0.25) is 4.79 Å². The number of hydrogen-bond acceptors (Lipinski definition) is 6. The van der Waals surface area contributed by atoms with E-state index in [0.29, 0.717) is 38.6 Å². The molecule has 0 aliphatic carbocycles. The third-order valence-electron chi connectivity index (χ3n) is 6.31. The number of fused-ring (bicyclic) bond motifs is 2. The van der Waals surface area contributed by atoms with Gasteiger partial charge in [0.25, 0.3) is 5.56 Å². The summed E-state index contributed by atoms with van der Waals surface area (Å²) in [6, 6.07) is 27.6. The molecule has 2 aromatic heterocycles. The van der Waals surface area contributed by atoms with Crippen LogP contribution in [0.25, 0.3) is 33.5 Å². The minimum Gasteiger partial charge on any atom is -0.487 e. The van der Waals surface area contributed by atoms with E-state index in [1.54, 1.807) is 54.7 Å². The van der Waals surface area contributed by atoms with Gasteiger partial charge >= 0.3 is 0 Å². The maximum Gasteiger partial charge on any atom is 0.282 e. The lowest BCUT2D eigenvalue weighted by atomic mass is 10.1. The van der Waals surface area contributed by atoms with Crippen LogP contribution in [0.3, 0.4) is 0 Å². The Labute approximate surface area is 266 Å². The average molecular weight is 783 g/mol. The Bertz CT molecular complexity index is 2070. The second-order valence-corrected chi connectivity index (χ2v) is 11.7. The first-order valence-corrected chi connectivity index (χ1v) is 14.8. The number of furan rings is 1. The van der Waals surface area contributed by atoms with E-state index in [2.05, 4.69) is 56.4 Å². The minimum atomic E-state index is -0.319. The first kappa shape index (κ1) is 27.4. The van der Waals surface area contributed by atoms with E-state index in [-0.39, 0.29) is 18.0 Å². The normalized spacial score (nSPS) is 11.4. The second kappa shape index (κ2) is 11.6. The standard InChI is InChI=1S/C31H17ClI2N4O3/c32-22-9-10-27-21(13-22)14-28(41-27)30-37-26-8-4-3-7-23(26)31(39)38(30)36-16-18-11-24(33)29(25(34)12-18)40-17-20-6-2-1-5-19(20)15-35/h1-14,16H,17H2. The Morgan fingerprint density at radius 2 is 1.78 bits per heavy atom. The van der Waals surface area contributed by atoms with Gasteiger partial charge in [-0.05, 0) is 105 Å². The fraction of sp³-hybridized carbons (Fsp3) is 0.0323. The van der Waals surface area contributed by atoms with Crippen LogP contribution in [0.15, 0.2) is 99.2 Å². The van der Waals surface area contributed by atoms with Crippen molar-refractivity contribution in [3.05, 3.63) is 124 Å². The summed E-state index contributed by atoms with van der Waals surface area (Å²) in [6.07, 6.45) is 1.61. The topological polar surface area (TPSA) is 93.4 Å². The molecule has 0 saturated carbocycles. The minimum absolute atomic E-state index is 0.271. The number of halogens is 3. The molecule has 200 valence electrons. The lowest BCUT2D eigenvalue weighted by molar-refractivity contribution is 0.301. The Morgan fingerprint density at radius 1 is 1.02 bits per heavy atom. The monoisotopic (exact) mass is 782 g/mol. The third-order valence-corrected chi connectivity index (χ3v) is 8.14. The molecule has 10 heteroatoms. The second-order valence-electron chi connectivity index (χ2n) is 8.98. The van der Waals surface area contributed by atoms with Gasteiger partial charge in [0.2, 0.25) is 5.82 Å². The molecule has 41 heavy (non-hydrogen) atoms. The zero-order valence-electron chi connectivity index (χ0n) is 21.0. The largest absolute Gasteiger partial charge is 0.487 e. The van der Waals surface area contributed by atoms with Crippen molar-refractivity contribution in [1.29, 1.82) is 5.26 Å². The molecule has 0 fully saturated rings. The van der Waals surface area contributed by atoms with E-state index >= 15 is 0 Å². The number of rotatable bonds is 6. The zero-order chi connectivity index (χ0) is 28.5. The van der Waals surface area contributed by atoms with Crippen molar-refractivity contribution >= 4 is 84.9 Å². The Hall–Kier alpha value is -3.73. The number of nitrogens with zero attached hydrogens (tertiary/aromatic N) is 4. The van der Waals surface area contributed by atoms with E-state index in [1.165, 1.54) is 4.68 Å². The van der Waals surface area contributed by atoms with E-state index in [0.717, 1.165) is 23.7 Å². The highest BCUT2D eigenvalue weighted by molar-refractivity contribution is 14.1. The summed E-state index contributed by atoms with van der Waals surface area (Å²) in [5.41, 5.74) is 3.02. The van der Waals surface area contributed by atoms with Gasteiger partial charge in [0.1, 0.15) is 17.9 Å². The van der Waals surface area contributed by atoms with Crippen LogP contribution in [-0.2, 0) is 6.61 Å². The summed E-state index contributed by atoms with van der Waals surface area (Å²) < 4.78 is 15.1. The van der Waals surface area contributed by atoms with E-state index in [4.69, 9.17) is 25.7 Å². The highest BCUT2D eigenvalue weighted by Gasteiger charge is 2.17. The highest BCUT2D eigenvalue weighted by atomic mass is 127. The number of ether oxygens (including phenoxy) is 1. The van der Waals surface area contributed by atoms with E-state index in [1.807, 2.05) is 36.4 Å². The maximum atomic E-state index is 13.6. The fourth-order valence-electron chi connectivity index (χ4n) is 4.34. The number of benzene rings is 4. The molecule has 0 saturated heterocycles. The first-order chi connectivity index (χ1) is 19.9. The lowest BCUT2D eigenvalue weighted by Crippen LogP contribution is -2.20. The summed E-state index contributed by atoms with van der Waals surface area (Å²) in [7, 11) is 0. The summed E-state index contributed by atoms with van der Waals surface area (Å²) >= 11 is 10.6. The Morgan fingerprint density at radius 3 is 2.59 bits per heavy atom. The molecule has 0 spiro atoms. The molecule has 0 bridgehead atoms. The van der Waals surface area contributed by atoms with Crippen LogP contribution in [0.5, 0.6) is 5.75 Å². The quantitative estimate of drug-likeness (QED) is 0.126. The van der Waals surface area contributed by atoms with Crippen molar-refractivity contribution in [3.8, 4) is 23.4 Å². The first-order valence-electron chi connectivity index (χ1n) is 12.3. The SMILES string of the molecule is N#Cc1ccccc1COc1c(I)cc(C=Nn2c(-c3cc4cc(Cl)ccc4o3)nc3ccccc3c2=O)cc1I. The third kappa shape index (κ3) is 5.59. The van der Waals surface area contributed by atoms with Crippen molar-refractivity contribution in [3.63, 3.8) is 0 Å². The smallest absolute Gasteiger partial charge is 0.282 e. The molecule has 0 aliphatic rings. The average Bonchev–Trinajstić information content (AvgIpc) is 3.39. The molecule has 2 heterocycles. The zero-order valence-corrected chi connectivity index (χ0v) is 26.1. The fourth-order valence-corrected chi connectivity index (χ4v) is 6.64. The molecule has 0 atom stereocenters. The molecular weight excluding hydrogens is 766 g/mol. The van der Waals surface area contributed by atoms with Crippen LogP contribution in [0.2, 0.25) is 5.02 Å². The highest BCUT2D eigenvalue weighted by Crippen LogP contribution is 2.31. The van der Waals surface area contributed by atoms with Crippen molar-refractivity contribution in [2.75, 3.05) is 0 Å². The number of para-hydroxylation sites is 1. The van der Waals surface area contributed by atoms with Crippen LogP contribution in [0.1, 0.15) is 16.7 Å². The molecule has 0 N–H and O–H groups in total. The van der Waals surface area contributed by atoms with Gasteiger partial charge in [0.05, 0.1) is 35.9 Å². The molecule has 7 nitrogen and oxygen atoms in total. The van der Waals surface area contributed by atoms with E-state index in [9.17, 15) is 10.1 Å². The van der Waals surface area contributed by atoms with Crippen molar-refractivity contribution < 1.29 is 9.15 Å². The van der Waals surface area contributed by atoms with Crippen LogP contribution >= 0.6 is 56.8 Å². The Balaban J connectivity index is 1.38. The summed E-state index contributed by atoms with van der Waals surface area (Å²) in [5, 5.41) is 15.8.